The van der Waals surface area contributed by atoms with Crippen LogP contribution in [0.5, 0.6) is 5.75 Å². The molecule has 2 aromatic carbocycles. The molecule has 0 atom stereocenters. The fourth-order valence-electron chi connectivity index (χ4n) is 4.10. The molecule has 2 amide bonds. The largest absolute Gasteiger partial charge is 0.497 e. The Hall–Kier alpha value is -2.24. The average molecular weight is 400 g/mol. The summed E-state index contributed by atoms with van der Waals surface area (Å²) >= 11 is 6.06. The van der Waals surface area contributed by atoms with Gasteiger partial charge in [-0.05, 0) is 60.7 Å². The molecule has 0 bridgehead atoms. The van der Waals surface area contributed by atoms with Crippen LogP contribution in [-0.2, 0) is 13.0 Å². The van der Waals surface area contributed by atoms with Crippen LogP contribution in [0.1, 0.15) is 24.0 Å². The van der Waals surface area contributed by atoms with E-state index in [1.54, 1.807) is 7.11 Å². The molecule has 1 saturated heterocycles. The van der Waals surface area contributed by atoms with Gasteiger partial charge in [-0.1, -0.05) is 23.7 Å². The molecule has 5 nitrogen and oxygen atoms in total. The van der Waals surface area contributed by atoms with Crippen molar-refractivity contribution in [2.45, 2.75) is 31.8 Å². The zero-order chi connectivity index (χ0) is 19.5. The van der Waals surface area contributed by atoms with Crippen molar-refractivity contribution in [1.82, 2.24) is 10.2 Å². The molecular formula is C22H26ClN3O2. The van der Waals surface area contributed by atoms with Crippen LogP contribution in [0.4, 0.5) is 10.5 Å². The van der Waals surface area contributed by atoms with Crippen molar-refractivity contribution in [3.05, 3.63) is 58.6 Å². The molecular weight excluding hydrogens is 374 g/mol. The van der Waals surface area contributed by atoms with E-state index in [1.807, 2.05) is 35.2 Å². The molecule has 1 N–H and O–H groups in total. The number of hydrogen-bond acceptors (Lipinski definition) is 3. The van der Waals surface area contributed by atoms with Crippen molar-refractivity contribution < 1.29 is 9.53 Å². The molecule has 148 valence electrons. The number of piperidine rings is 1. The van der Waals surface area contributed by atoms with E-state index >= 15 is 0 Å². The normalized spacial score (nSPS) is 17.4. The first-order valence-electron chi connectivity index (χ1n) is 9.84. The molecule has 2 heterocycles. The van der Waals surface area contributed by atoms with Crippen molar-refractivity contribution in [2.24, 2.45) is 0 Å². The van der Waals surface area contributed by atoms with Crippen LogP contribution in [0, 0.1) is 0 Å². The number of amides is 2. The molecule has 0 radical (unpaired) electrons. The molecule has 0 saturated carbocycles. The zero-order valence-electron chi connectivity index (χ0n) is 16.2. The quantitative estimate of drug-likeness (QED) is 0.842. The SMILES string of the molecule is COc1cccc(CN2CCC(NC(=O)N3CCc4cc(Cl)ccc43)CC2)c1. The van der Waals surface area contributed by atoms with Gasteiger partial charge in [-0.3, -0.25) is 9.80 Å². The van der Waals surface area contributed by atoms with Gasteiger partial charge >= 0.3 is 6.03 Å². The number of likely N-dealkylation sites (tertiary alicyclic amines) is 1. The second kappa shape index (κ2) is 8.41. The molecule has 4 rings (SSSR count). The summed E-state index contributed by atoms with van der Waals surface area (Å²) in [6.07, 6.45) is 2.80. The molecule has 2 aliphatic heterocycles. The van der Waals surface area contributed by atoms with E-state index in [2.05, 4.69) is 22.3 Å². The summed E-state index contributed by atoms with van der Waals surface area (Å²) in [5.41, 5.74) is 3.39. The predicted octanol–water partition coefficient (Wildman–Crippen LogP) is 4.09. The highest BCUT2D eigenvalue weighted by Crippen LogP contribution is 2.30. The third kappa shape index (κ3) is 4.26. The van der Waals surface area contributed by atoms with Crippen LogP contribution in [0.2, 0.25) is 5.02 Å². The van der Waals surface area contributed by atoms with E-state index in [1.165, 1.54) is 5.56 Å². The lowest BCUT2D eigenvalue weighted by atomic mass is 10.0. The number of methoxy groups -OCH3 is 1. The van der Waals surface area contributed by atoms with E-state index in [9.17, 15) is 4.79 Å². The Balaban J connectivity index is 1.28. The number of anilines is 1. The minimum atomic E-state index is 0.00678. The summed E-state index contributed by atoms with van der Waals surface area (Å²) in [4.78, 5) is 17.0. The number of halogens is 1. The van der Waals surface area contributed by atoms with Crippen molar-refractivity contribution >= 4 is 23.3 Å². The highest BCUT2D eigenvalue weighted by atomic mass is 35.5. The number of rotatable bonds is 4. The molecule has 2 aliphatic rings. The number of benzene rings is 2. The first-order chi connectivity index (χ1) is 13.6. The van der Waals surface area contributed by atoms with Gasteiger partial charge in [0.25, 0.3) is 0 Å². The minimum absolute atomic E-state index is 0.00678. The number of hydrogen-bond donors (Lipinski definition) is 1. The Bertz CT molecular complexity index is 849. The Morgan fingerprint density at radius 2 is 2.00 bits per heavy atom. The van der Waals surface area contributed by atoms with Gasteiger partial charge in [0.1, 0.15) is 5.75 Å². The van der Waals surface area contributed by atoms with Crippen LogP contribution in [0.15, 0.2) is 42.5 Å². The number of fused-ring (bicyclic) bond motifs is 1. The van der Waals surface area contributed by atoms with Gasteiger partial charge in [0.05, 0.1) is 7.11 Å². The highest BCUT2D eigenvalue weighted by molar-refractivity contribution is 6.30. The van der Waals surface area contributed by atoms with Gasteiger partial charge in [0.2, 0.25) is 0 Å². The second-order valence-corrected chi connectivity index (χ2v) is 7.96. The van der Waals surface area contributed by atoms with E-state index in [4.69, 9.17) is 16.3 Å². The maximum absolute atomic E-state index is 12.8. The molecule has 0 aliphatic carbocycles. The summed E-state index contributed by atoms with van der Waals surface area (Å²) in [7, 11) is 1.70. The molecule has 0 unspecified atom stereocenters. The Labute approximate surface area is 171 Å². The van der Waals surface area contributed by atoms with E-state index in [0.717, 1.165) is 67.5 Å². The van der Waals surface area contributed by atoms with Gasteiger partial charge in [-0.25, -0.2) is 4.79 Å². The summed E-state index contributed by atoms with van der Waals surface area (Å²) in [6.45, 7) is 3.59. The lowest BCUT2D eigenvalue weighted by Crippen LogP contribution is -2.48. The summed E-state index contributed by atoms with van der Waals surface area (Å²) in [5.74, 6) is 0.895. The Kier molecular flexibility index (Phi) is 5.74. The molecule has 6 heteroatoms. The van der Waals surface area contributed by atoms with Gasteiger partial charge in [0.15, 0.2) is 0 Å². The van der Waals surface area contributed by atoms with Crippen LogP contribution >= 0.6 is 11.6 Å². The number of nitrogens with one attached hydrogen (secondary N) is 1. The molecule has 2 aromatic rings. The predicted molar refractivity (Wildman–Crippen MR) is 112 cm³/mol. The summed E-state index contributed by atoms with van der Waals surface area (Å²) in [5, 5.41) is 3.95. The van der Waals surface area contributed by atoms with Crippen LogP contribution in [0.25, 0.3) is 0 Å². The summed E-state index contributed by atoms with van der Waals surface area (Å²) < 4.78 is 5.31. The number of carbonyl (C=O) groups is 1. The first-order valence-corrected chi connectivity index (χ1v) is 10.2. The molecule has 1 fully saturated rings. The fourth-order valence-corrected chi connectivity index (χ4v) is 4.29. The van der Waals surface area contributed by atoms with E-state index in [-0.39, 0.29) is 12.1 Å². The number of urea groups is 1. The van der Waals surface area contributed by atoms with E-state index < -0.39 is 0 Å². The smallest absolute Gasteiger partial charge is 0.322 e. The van der Waals surface area contributed by atoms with Crippen molar-refractivity contribution in [3.63, 3.8) is 0 Å². The van der Waals surface area contributed by atoms with Crippen molar-refractivity contribution in [3.8, 4) is 5.75 Å². The number of nitrogens with zero attached hydrogens (tertiary/aromatic N) is 2. The molecule has 0 spiro atoms. The third-order valence-corrected chi connectivity index (χ3v) is 5.87. The first kappa shape index (κ1) is 19.1. The lowest BCUT2D eigenvalue weighted by molar-refractivity contribution is 0.188. The average Bonchev–Trinajstić information content (AvgIpc) is 3.13. The third-order valence-electron chi connectivity index (χ3n) is 5.64. The standard InChI is InChI=1S/C22H26ClN3O2/c1-28-20-4-2-3-16(13-20)15-25-10-8-19(9-11-25)24-22(27)26-12-7-17-14-18(23)5-6-21(17)26/h2-6,13-14,19H,7-12,15H2,1H3,(H,24,27). The van der Waals surface area contributed by atoms with Crippen LogP contribution in [-0.4, -0.2) is 43.7 Å². The maximum Gasteiger partial charge on any atom is 0.322 e. The van der Waals surface area contributed by atoms with Gasteiger partial charge < -0.3 is 10.1 Å². The van der Waals surface area contributed by atoms with E-state index in [0.29, 0.717) is 0 Å². The molecule has 28 heavy (non-hydrogen) atoms. The van der Waals surface area contributed by atoms with Gasteiger partial charge in [-0.15, -0.1) is 0 Å². The zero-order valence-corrected chi connectivity index (χ0v) is 16.9. The fraction of sp³-hybridized carbons (Fsp3) is 0.409. The number of ether oxygens (including phenoxy) is 1. The Morgan fingerprint density at radius 3 is 2.79 bits per heavy atom. The lowest BCUT2D eigenvalue weighted by Gasteiger charge is -2.33. The molecule has 0 aromatic heterocycles. The number of carbonyl (C=O) groups excluding carboxylic acids is 1. The van der Waals surface area contributed by atoms with Crippen molar-refractivity contribution in [1.29, 1.82) is 0 Å². The second-order valence-electron chi connectivity index (χ2n) is 7.53. The maximum atomic E-state index is 12.8. The summed E-state index contributed by atoms with van der Waals surface area (Å²) in [6, 6.07) is 14.2. The van der Waals surface area contributed by atoms with Crippen molar-refractivity contribution in [2.75, 3.05) is 31.6 Å². The van der Waals surface area contributed by atoms with Crippen LogP contribution < -0.4 is 15.0 Å². The minimum Gasteiger partial charge on any atom is -0.497 e. The highest BCUT2D eigenvalue weighted by Gasteiger charge is 2.27. The Morgan fingerprint density at radius 1 is 1.18 bits per heavy atom. The topological polar surface area (TPSA) is 44.8 Å². The van der Waals surface area contributed by atoms with Crippen LogP contribution in [0.3, 0.4) is 0 Å². The van der Waals surface area contributed by atoms with Gasteiger partial charge in [0, 0.05) is 42.9 Å². The van der Waals surface area contributed by atoms with Gasteiger partial charge in [-0.2, -0.15) is 0 Å². The monoisotopic (exact) mass is 399 g/mol.